The molecule has 3 aromatic rings. The van der Waals surface area contributed by atoms with Crippen LogP contribution in [0.2, 0.25) is 0 Å². The Morgan fingerprint density at radius 3 is 1.83 bits per heavy atom. The highest BCUT2D eigenvalue weighted by atomic mass is 79.9. The highest BCUT2D eigenvalue weighted by Gasteiger charge is 2.19. The monoisotopic (exact) mass is 463 g/mol. The molecule has 0 fully saturated rings. The summed E-state index contributed by atoms with van der Waals surface area (Å²) in [6.07, 6.45) is 2.62. The first-order chi connectivity index (χ1) is 14.5. The number of aliphatic carboxylic acids is 1. The summed E-state index contributed by atoms with van der Waals surface area (Å²) in [6.45, 7) is 3.14. The summed E-state index contributed by atoms with van der Waals surface area (Å²) >= 11 is 3.49. The van der Waals surface area contributed by atoms with Crippen LogP contribution in [-0.2, 0) is 24.3 Å². The van der Waals surface area contributed by atoms with E-state index in [4.69, 9.17) is 0 Å². The van der Waals surface area contributed by atoms with E-state index in [1.54, 1.807) is 6.92 Å². The second-order valence-electron chi connectivity index (χ2n) is 7.43. The minimum Gasteiger partial charge on any atom is -0.478 e. The molecule has 0 heterocycles. The molecule has 0 radical (unpaired) electrons. The van der Waals surface area contributed by atoms with E-state index >= 15 is 0 Å². The van der Waals surface area contributed by atoms with Gasteiger partial charge in [0.1, 0.15) is 0 Å². The molecule has 0 saturated carbocycles. The zero-order valence-corrected chi connectivity index (χ0v) is 18.6. The first-order valence-electron chi connectivity index (χ1n) is 9.99. The first kappa shape index (κ1) is 22.0. The average molecular weight is 464 g/mol. The molecule has 0 aliphatic rings. The van der Waals surface area contributed by atoms with Crippen molar-refractivity contribution in [2.24, 2.45) is 0 Å². The van der Waals surface area contributed by atoms with Crippen molar-refractivity contribution in [3.63, 3.8) is 0 Å². The Bertz CT molecular complexity index is 927. The zero-order chi connectivity index (χ0) is 21.3. The minimum absolute atomic E-state index is 0.0531. The van der Waals surface area contributed by atoms with Gasteiger partial charge in [-0.15, -0.1) is 0 Å². The van der Waals surface area contributed by atoms with Crippen molar-refractivity contribution in [1.82, 2.24) is 4.90 Å². The number of carbonyl (C=O) groups is 1. The average Bonchev–Trinajstić information content (AvgIpc) is 2.75. The summed E-state index contributed by atoms with van der Waals surface area (Å²) in [5.74, 6) is -0.879. The number of carboxylic acid groups (broad SMARTS) is 1. The maximum Gasteiger partial charge on any atom is 0.331 e. The van der Waals surface area contributed by atoms with Gasteiger partial charge in [0.15, 0.2) is 0 Å². The molecule has 154 valence electrons. The van der Waals surface area contributed by atoms with Gasteiger partial charge in [0, 0.05) is 29.2 Å². The third-order valence-electron chi connectivity index (χ3n) is 5.06. The molecule has 0 amide bonds. The van der Waals surface area contributed by atoms with Gasteiger partial charge in [0.2, 0.25) is 0 Å². The number of rotatable bonds is 9. The van der Waals surface area contributed by atoms with Crippen molar-refractivity contribution in [2.75, 3.05) is 0 Å². The molecule has 0 aliphatic carbocycles. The van der Waals surface area contributed by atoms with E-state index in [9.17, 15) is 9.90 Å². The topological polar surface area (TPSA) is 40.5 Å². The van der Waals surface area contributed by atoms with Gasteiger partial charge in [-0.25, -0.2) is 4.79 Å². The largest absolute Gasteiger partial charge is 0.478 e. The van der Waals surface area contributed by atoms with Gasteiger partial charge in [-0.3, -0.25) is 4.90 Å². The summed E-state index contributed by atoms with van der Waals surface area (Å²) in [5.41, 5.74) is 3.94. The molecule has 0 unspecified atom stereocenters. The molecule has 3 nitrogen and oxygen atoms in total. The van der Waals surface area contributed by atoms with Crippen LogP contribution >= 0.6 is 15.9 Å². The molecule has 0 bridgehead atoms. The standard InChI is InChI=1S/C26H26BrNO2/c1-20(26(29)30)16-25(17-21-12-14-24(27)15-13-21)28(18-22-8-4-2-5-9-22)19-23-10-6-3-7-11-23/h2-16,25H,17-19H2,1H3,(H,29,30)/t25-/m0/s1. The molecule has 0 saturated heterocycles. The molecule has 3 aromatic carbocycles. The van der Waals surface area contributed by atoms with E-state index in [1.807, 2.05) is 54.6 Å². The summed E-state index contributed by atoms with van der Waals surface area (Å²) < 4.78 is 1.03. The summed E-state index contributed by atoms with van der Waals surface area (Å²) in [6, 6.07) is 28.8. The Hall–Kier alpha value is -2.69. The second-order valence-corrected chi connectivity index (χ2v) is 8.34. The van der Waals surface area contributed by atoms with Crippen LogP contribution in [0.5, 0.6) is 0 Å². The molecule has 0 aliphatic heterocycles. The number of carboxylic acids is 1. The molecule has 4 heteroatoms. The van der Waals surface area contributed by atoms with Crippen molar-refractivity contribution < 1.29 is 9.90 Å². The molecule has 1 N–H and O–H groups in total. The summed E-state index contributed by atoms with van der Waals surface area (Å²) in [4.78, 5) is 13.9. The van der Waals surface area contributed by atoms with Crippen molar-refractivity contribution in [1.29, 1.82) is 0 Å². The lowest BCUT2D eigenvalue weighted by atomic mass is 10.0. The maximum atomic E-state index is 11.6. The van der Waals surface area contributed by atoms with Crippen LogP contribution in [0.1, 0.15) is 23.6 Å². The summed E-state index contributed by atoms with van der Waals surface area (Å²) in [5, 5.41) is 9.50. The Morgan fingerprint density at radius 2 is 1.37 bits per heavy atom. The Balaban J connectivity index is 1.95. The number of hydrogen-bond donors (Lipinski definition) is 1. The molecule has 0 spiro atoms. The number of halogens is 1. The Labute approximate surface area is 186 Å². The minimum atomic E-state index is -0.879. The van der Waals surface area contributed by atoms with Crippen molar-refractivity contribution in [3.8, 4) is 0 Å². The van der Waals surface area contributed by atoms with Gasteiger partial charge >= 0.3 is 5.97 Å². The van der Waals surface area contributed by atoms with Gasteiger partial charge in [-0.05, 0) is 42.2 Å². The van der Waals surface area contributed by atoms with Crippen molar-refractivity contribution in [2.45, 2.75) is 32.5 Å². The maximum absolute atomic E-state index is 11.6. The predicted molar refractivity (Wildman–Crippen MR) is 125 cm³/mol. The number of hydrogen-bond acceptors (Lipinski definition) is 2. The van der Waals surface area contributed by atoms with Crippen molar-refractivity contribution in [3.05, 3.63) is 118 Å². The van der Waals surface area contributed by atoms with Gasteiger partial charge < -0.3 is 5.11 Å². The number of benzene rings is 3. The lowest BCUT2D eigenvalue weighted by Crippen LogP contribution is -2.35. The van der Waals surface area contributed by atoms with Crippen molar-refractivity contribution >= 4 is 21.9 Å². The van der Waals surface area contributed by atoms with Crippen LogP contribution < -0.4 is 0 Å². The molecule has 30 heavy (non-hydrogen) atoms. The van der Waals surface area contributed by atoms with Gasteiger partial charge in [0.05, 0.1) is 0 Å². The number of nitrogens with zero attached hydrogens (tertiary/aromatic N) is 1. The van der Waals surface area contributed by atoms with Crippen LogP contribution in [0, 0.1) is 0 Å². The molecule has 1 atom stereocenters. The highest BCUT2D eigenvalue weighted by Crippen LogP contribution is 2.20. The highest BCUT2D eigenvalue weighted by molar-refractivity contribution is 9.10. The molecule has 3 rings (SSSR count). The van der Waals surface area contributed by atoms with Crippen LogP contribution in [-0.4, -0.2) is 22.0 Å². The Morgan fingerprint density at radius 1 is 0.867 bits per heavy atom. The smallest absolute Gasteiger partial charge is 0.331 e. The fourth-order valence-corrected chi connectivity index (χ4v) is 3.71. The summed E-state index contributed by atoms with van der Waals surface area (Å²) in [7, 11) is 0. The molecular formula is C26H26BrNO2. The molecular weight excluding hydrogens is 438 g/mol. The van der Waals surface area contributed by atoms with E-state index < -0.39 is 5.97 Å². The van der Waals surface area contributed by atoms with Crippen LogP contribution in [0.4, 0.5) is 0 Å². The van der Waals surface area contributed by atoms with Gasteiger partial charge in [0.25, 0.3) is 0 Å². The van der Waals surface area contributed by atoms with Crippen LogP contribution in [0.15, 0.2) is 101 Å². The predicted octanol–water partition coefficient (Wildman–Crippen LogP) is 6.09. The fraction of sp³-hybridized carbons (Fsp3) is 0.192. The van der Waals surface area contributed by atoms with E-state index in [2.05, 4.69) is 57.2 Å². The lowest BCUT2D eigenvalue weighted by Gasteiger charge is -2.31. The third kappa shape index (κ3) is 6.68. The van der Waals surface area contributed by atoms with Gasteiger partial charge in [-0.1, -0.05) is 94.8 Å². The van der Waals surface area contributed by atoms with E-state index in [1.165, 1.54) is 16.7 Å². The molecule has 0 aromatic heterocycles. The quantitative estimate of drug-likeness (QED) is 0.390. The van der Waals surface area contributed by atoms with Gasteiger partial charge in [-0.2, -0.15) is 0 Å². The van der Waals surface area contributed by atoms with Crippen LogP contribution in [0.3, 0.4) is 0 Å². The zero-order valence-electron chi connectivity index (χ0n) is 17.0. The first-order valence-corrected chi connectivity index (χ1v) is 10.8. The fourth-order valence-electron chi connectivity index (χ4n) is 3.44. The third-order valence-corrected chi connectivity index (χ3v) is 5.59. The van der Waals surface area contributed by atoms with Crippen LogP contribution in [0.25, 0.3) is 0 Å². The second kappa shape index (κ2) is 10.9. The normalized spacial score (nSPS) is 12.7. The lowest BCUT2D eigenvalue weighted by molar-refractivity contribution is -0.132. The Kier molecular flexibility index (Phi) is 8.00. The van der Waals surface area contributed by atoms with E-state index in [-0.39, 0.29) is 6.04 Å². The van der Waals surface area contributed by atoms with E-state index in [0.29, 0.717) is 5.57 Å². The van der Waals surface area contributed by atoms with E-state index in [0.717, 1.165) is 24.0 Å². The SMILES string of the molecule is CC(=C[C@@H](Cc1ccc(Br)cc1)N(Cc1ccccc1)Cc1ccccc1)C(=O)O.